The van der Waals surface area contributed by atoms with Gasteiger partial charge in [-0.15, -0.1) is 10.2 Å². The van der Waals surface area contributed by atoms with E-state index < -0.39 is 27.0 Å². The molecule has 1 amide bonds. The molecule has 2 atom stereocenters. The molecule has 1 aliphatic carbocycles. The molecule has 1 saturated heterocycles. The van der Waals surface area contributed by atoms with Crippen molar-refractivity contribution in [3.63, 3.8) is 0 Å². The van der Waals surface area contributed by atoms with Gasteiger partial charge in [-0.2, -0.15) is 5.10 Å². The number of benzene rings is 1. The zero-order chi connectivity index (χ0) is 28.1. The lowest BCUT2D eigenvalue weighted by Gasteiger charge is -2.37. The molecular weight excluding hydrogens is 552 g/mol. The lowest BCUT2D eigenvalue weighted by Crippen LogP contribution is -2.50. The average Bonchev–Trinajstić information content (AvgIpc) is 3.25. The Hall–Kier alpha value is -2.75. The van der Waals surface area contributed by atoms with Crippen LogP contribution in [0.1, 0.15) is 45.0 Å². The highest BCUT2D eigenvalue weighted by molar-refractivity contribution is 7.89. The van der Waals surface area contributed by atoms with Gasteiger partial charge in [-0.25, -0.2) is 26.6 Å². The van der Waals surface area contributed by atoms with Crippen molar-refractivity contribution in [3.8, 4) is 5.13 Å². The fourth-order valence-electron chi connectivity index (χ4n) is 5.11. The first kappa shape index (κ1) is 27.8. The number of aliphatic hydroxyl groups is 1. The van der Waals surface area contributed by atoms with E-state index in [4.69, 9.17) is 0 Å². The van der Waals surface area contributed by atoms with Gasteiger partial charge in [0, 0.05) is 55.3 Å². The Bertz CT molecular complexity index is 1480. The Balaban J connectivity index is 1.54. The number of sulfonamides is 1. The summed E-state index contributed by atoms with van der Waals surface area (Å²) in [5.74, 6) is -0.0226. The molecule has 39 heavy (non-hydrogen) atoms. The summed E-state index contributed by atoms with van der Waals surface area (Å²) in [4.78, 5) is 16.3. The number of aliphatic hydroxyl groups excluding tert-OH is 1. The van der Waals surface area contributed by atoms with E-state index in [0.29, 0.717) is 66.9 Å². The van der Waals surface area contributed by atoms with Crippen molar-refractivity contribution in [1.29, 1.82) is 0 Å². The number of alkyl halides is 2. The van der Waals surface area contributed by atoms with E-state index in [9.17, 15) is 27.1 Å². The minimum atomic E-state index is -4.00. The predicted molar refractivity (Wildman–Crippen MR) is 142 cm³/mol. The molecule has 0 radical (unpaired) electrons. The van der Waals surface area contributed by atoms with E-state index in [-0.39, 0.29) is 34.4 Å². The van der Waals surface area contributed by atoms with E-state index in [1.54, 1.807) is 17.2 Å². The number of nitrogens with one attached hydrogen (secondary N) is 1. The minimum Gasteiger partial charge on any atom is -0.396 e. The smallest absolute Gasteiger partial charge is 0.291 e. The van der Waals surface area contributed by atoms with Crippen molar-refractivity contribution in [3.05, 3.63) is 23.3 Å². The van der Waals surface area contributed by atoms with E-state index >= 15 is 0 Å². The fraction of sp³-hybridized carbons (Fsp3) is 0.583. The second kappa shape index (κ2) is 10.3. The van der Waals surface area contributed by atoms with Gasteiger partial charge < -0.3 is 14.9 Å². The zero-order valence-corrected chi connectivity index (χ0v) is 23.5. The quantitative estimate of drug-likeness (QED) is 0.393. The normalized spacial score (nSPS) is 21.9. The molecule has 5 rings (SSSR count). The van der Waals surface area contributed by atoms with Crippen molar-refractivity contribution in [1.82, 2.24) is 29.6 Å². The first-order valence-electron chi connectivity index (χ1n) is 12.8. The fourth-order valence-corrected chi connectivity index (χ4v) is 7.29. The monoisotopic (exact) mass is 583 g/mol. The van der Waals surface area contributed by atoms with Gasteiger partial charge >= 0.3 is 0 Å². The van der Waals surface area contributed by atoms with E-state index in [2.05, 4.69) is 20.0 Å². The topological polar surface area (TPSA) is 134 Å². The third kappa shape index (κ3) is 5.36. The molecule has 2 N–H and O–H groups in total. The summed E-state index contributed by atoms with van der Waals surface area (Å²) in [6, 6.07) is 3.05. The van der Waals surface area contributed by atoms with Crippen molar-refractivity contribution in [2.75, 3.05) is 37.7 Å². The van der Waals surface area contributed by atoms with Crippen LogP contribution in [0.15, 0.2) is 23.2 Å². The molecule has 1 aliphatic heterocycles. The Morgan fingerprint density at radius 1 is 1.23 bits per heavy atom. The number of amides is 1. The molecule has 2 fully saturated rings. The SMILES string of the molecule is CC(C)C(=O)N1CCN(c2cc(S(=O)(=O)N[C@@]3(C)C[C@H]3CCO)cc3c2cnn3-c2nnc(C(F)F)s2)CC1. The Labute approximate surface area is 228 Å². The molecule has 0 unspecified atom stereocenters. The van der Waals surface area contributed by atoms with Crippen LogP contribution >= 0.6 is 11.3 Å². The molecule has 2 aliphatic rings. The summed E-state index contributed by atoms with van der Waals surface area (Å²) >= 11 is 0.682. The van der Waals surface area contributed by atoms with E-state index in [1.807, 2.05) is 25.7 Å². The lowest BCUT2D eigenvalue weighted by atomic mass is 10.1. The second-order valence-electron chi connectivity index (χ2n) is 10.6. The van der Waals surface area contributed by atoms with E-state index in [0.717, 1.165) is 0 Å². The molecule has 2 aromatic heterocycles. The molecule has 11 nitrogen and oxygen atoms in total. The molecule has 3 heterocycles. The first-order chi connectivity index (χ1) is 18.4. The van der Waals surface area contributed by atoms with Gasteiger partial charge in [0.05, 0.1) is 16.6 Å². The molecule has 3 aromatic rings. The number of halogens is 2. The van der Waals surface area contributed by atoms with Crippen LogP contribution in [0.3, 0.4) is 0 Å². The van der Waals surface area contributed by atoms with Crippen LogP contribution in [-0.2, 0) is 14.8 Å². The van der Waals surface area contributed by atoms with Crippen LogP contribution < -0.4 is 9.62 Å². The van der Waals surface area contributed by atoms with Crippen LogP contribution in [0.25, 0.3) is 16.0 Å². The Morgan fingerprint density at radius 3 is 2.56 bits per heavy atom. The van der Waals surface area contributed by atoms with Crippen LogP contribution in [-0.4, -0.2) is 82.6 Å². The number of fused-ring (bicyclic) bond motifs is 1. The summed E-state index contributed by atoms with van der Waals surface area (Å²) in [5.41, 5.74) is 0.339. The van der Waals surface area contributed by atoms with Gasteiger partial charge in [-0.1, -0.05) is 25.2 Å². The molecule has 0 spiro atoms. The Morgan fingerprint density at radius 2 is 1.95 bits per heavy atom. The summed E-state index contributed by atoms with van der Waals surface area (Å²) in [7, 11) is -4.00. The summed E-state index contributed by atoms with van der Waals surface area (Å²) in [6.45, 7) is 7.44. The average molecular weight is 584 g/mol. The number of hydrogen-bond donors (Lipinski definition) is 2. The summed E-state index contributed by atoms with van der Waals surface area (Å²) in [5, 5.41) is 21.3. The Kier molecular flexibility index (Phi) is 7.37. The molecule has 0 bridgehead atoms. The predicted octanol–water partition coefficient (Wildman–Crippen LogP) is 2.56. The maximum Gasteiger partial charge on any atom is 0.291 e. The molecule has 1 aromatic carbocycles. The summed E-state index contributed by atoms with van der Waals surface area (Å²) in [6.07, 6.45) is -0.112. The van der Waals surface area contributed by atoms with Crippen LogP contribution in [0.4, 0.5) is 14.5 Å². The maximum absolute atomic E-state index is 13.6. The number of anilines is 1. The number of carbonyl (C=O) groups excluding carboxylic acids is 1. The number of nitrogens with zero attached hydrogens (tertiary/aromatic N) is 6. The zero-order valence-electron chi connectivity index (χ0n) is 21.8. The first-order valence-corrected chi connectivity index (χ1v) is 15.1. The van der Waals surface area contributed by atoms with Gasteiger partial charge in [0.15, 0.2) is 5.01 Å². The van der Waals surface area contributed by atoms with Crippen molar-refractivity contribution >= 4 is 43.9 Å². The number of carbonyl (C=O) groups is 1. The highest BCUT2D eigenvalue weighted by atomic mass is 32.2. The lowest BCUT2D eigenvalue weighted by molar-refractivity contribution is -0.134. The van der Waals surface area contributed by atoms with Gasteiger partial charge in [0.25, 0.3) is 6.43 Å². The third-order valence-electron chi connectivity index (χ3n) is 7.43. The van der Waals surface area contributed by atoms with Crippen LogP contribution in [0.2, 0.25) is 0 Å². The second-order valence-corrected chi connectivity index (χ2v) is 13.2. The molecule has 15 heteroatoms. The highest BCUT2D eigenvalue weighted by Crippen LogP contribution is 2.46. The third-order valence-corrected chi connectivity index (χ3v) is 9.93. The van der Waals surface area contributed by atoms with Gasteiger partial charge in [0.1, 0.15) is 0 Å². The number of rotatable bonds is 9. The van der Waals surface area contributed by atoms with Crippen LogP contribution in [0.5, 0.6) is 0 Å². The van der Waals surface area contributed by atoms with Crippen molar-refractivity contribution in [2.45, 2.75) is 50.5 Å². The van der Waals surface area contributed by atoms with Crippen LogP contribution in [0, 0.1) is 11.8 Å². The van der Waals surface area contributed by atoms with Gasteiger partial charge in [-0.05, 0) is 37.8 Å². The number of hydrogen-bond acceptors (Lipinski definition) is 9. The molecular formula is C24H31F2N7O4S2. The number of piperazine rings is 1. The maximum atomic E-state index is 13.6. The van der Waals surface area contributed by atoms with Gasteiger partial charge in [0.2, 0.25) is 21.1 Å². The largest absolute Gasteiger partial charge is 0.396 e. The molecule has 1 saturated carbocycles. The van der Waals surface area contributed by atoms with Gasteiger partial charge in [-0.3, -0.25) is 4.79 Å². The highest BCUT2D eigenvalue weighted by Gasteiger charge is 2.52. The standard InChI is InChI=1S/C24H31F2N7O4S2/c1-14(2)22(35)32-7-5-31(6-8-32)18-10-16(39(36,37)30-24(3)12-15(24)4-9-34)11-19-17(18)13-27-33(19)23-29-28-21(38-23)20(25)26/h10-11,13-15,20,30,34H,4-9,12H2,1-3H3/t15-,24+/m1/s1. The van der Waals surface area contributed by atoms with Crippen molar-refractivity contribution in [2.24, 2.45) is 11.8 Å². The summed E-state index contributed by atoms with van der Waals surface area (Å²) < 4.78 is 57.7. The number of aromatic nitrogens is 4. The van der Waals surface area contributed by atoms with E-state index in [1.165, 1.54) is 10.7 Å². The minimum absolute atomic E-state index is 0.00177. The molecule has 212 valence electrons. The van der Waals surface area contributed by atoms with Crippen molar-refractivity contribution < 1.29 is 27.1 Å².